The largest absolute Gasteiger partial charge is 0.385 e. The molecule has 0 fully saturated rings. The molecule has 1 N–H and O–H groups in total. The van der Waals surface area contributed by atoms with Gasteiger partial charge in [0.05, 0.1) is 0 Å². The summed E-state index contributed by atoms with van der Waals surface area (Å²) in [6.07, 6.45) is -1.17. The molecule has 0 spiro atoms. The number of nitrogens with zero attached hydrogens (tertiary/aromatic N) is 1. The molecule has 0 radical (unpaired) electrons. The van der Waals surface area contributed by atoms with E-state index in [9.17, 15) is 15.2 Å². The van der Waals surface area contributed by atoms with Gasteiger partial charge in [-0.05, 0) is 35.4 Å². The zero-order valence-corrected chi connectivity index (χ0v) is 12.5. The van der Waals surface area contributed by atoms with Crippen LogP contribution < -0.4 is 0 Å². The predicted molar refractivity (Wildman–Crippen MR) is 82.6 cm³/mol. The summed E-state index contributed by atoms with van der Waals surface area (Å²) < 4.78 is 0. The highest BCUT2D eigenvalue weighted by Gasteiger charge is 2.27. The molecule has 0 saturated heterocycles. The van der Waals surface area contributed by atoms with E-state index in [0.29, 0.717) is 21.2 Å². The van der Waals surface area contributed by atoms with Crippen LogP contribution in [0, 0.1) is 10.1 Å². The van der Waals surface area contributed by atoms with Gasteiger partial charge in [-0.15, -0.1) is 0 Å². The standard InChI is InChI=1S/C15H13Cl2NO3/c16-12-5-1-3-10(7-12)15(14(19)9-18(20)21)11-4-2-6-13(17)8-11/h1-8,14-15,19H,9H2. The summed E-state index contributed by atoms with van der Waals surface area (Å²) in [5.74, 6) is -0.562. The summed E-state index contributed by atoms with van der Waals surface area (Å²) in [5.41, 5.74) is 1.42. The molecular weight excluding hydrogens is 313 g/mol. The van der Waals surface area contributed by atoms with Crippen molar-refractivity contribution < 1.29 is 10.0 Å². The molecule has 4 nitrogen and oxygen atoms in total. The van der Waals surface area contributed by atoms with Crippen molar-refractivity contribution in [2.75, 3.05) is 6.54 Å². The van der Waals surface area contributed by atoms with E-state index in [4.69, 9.17) is 23.2 Å². The highest BCUT2D eigenvalue weighted by Crippen LogP contribution is 2.31. The molecule has 21 heavy (non-hydrogen) atoms. The number of halogens is 2. The number of nitro groups is 1. The Morgan fingerprint density at radius 1 is 1.05 bits per heavy atom. The molecule has 1 atom stereocenters. The molecule has 2 rings (SSSR count). The van der Waals surface area contributed by atoms with Crippen LogP contribution >= 0.6 is 23.2 Å². The van der Waals surface area contributed by atoms with Crippen LogP contribution in [0.5, 0.6) is 0 Å². The minimum atomic E-state index is -1.17. The summed E-state index contributed by atoms with van der Waals surface area (Å²) in [4.78, 5) is 10.2. The Balaban J connectivity index is 2.46. The third-order valence-electron chi connectivity index (χ3n) is 3.14. The van der Waals surface area contributed by atoms with E-state index in [0.717, 1.165) is 0 Å². The molecule has 0 saturated carbocycles. The normalized spacial score (nSPS) is 12.4. The fourth-order valence-electron chi connectivity index (χ4n) is 2.29. The molecule has 0 aliphatic heterocycles. The van der Waals surface area contributed by atoms with Gasteiger partial charge in [0.1, 0.15) is 6.10 Å². The number of aliphatic hydroxyl groups is 1. The number of benzene rings is 2. The van der Waals surface area contributed by atoms with E-state index in [1.807, 2.05) is 0 Å². The first-order valence-electron chi connectivity index (χ1n) is 6.28. The maximum atomic E-state index is 10.7. The van der Waals surface area contributed by atoms with E-state index in [2.05, 4.69) is 0 Å². The highest BCUT2D eigenvalue weighted by molar-refractivity contribution is 6.31. The maximum absolute atomic E-state index is 10.7. The van der Waals surface area contributed by atoms with Gasteiger partial charge in [0, 0.05) is 20.9 Å². The van der Waals surface area contributed by atoms with Crippen molar-refractivity contribution in [2.24, 2.45) is 0 Å². The summed E-state index contributed by atoms with van der Waals surface area (Å²) in [6.45, 7) is -0.552. The SMILES string of the molecule is O=[N+]([O-])CC(O)C(c1cccc(Cl)c1)c1cccc(Cl)c1. The molecule has 2 aromatic rings. The molecule has 0 aliphatic rings. The zero-order chi connectivity index (χ0) is 15.4. The van der Waals surface area contributed by atoms with Crippen molar-refractivity contribution in [3.8, 4) is 0 Å². The van der Waals surface area contributed by atoms with Crippen molar-refractivity contribution in [3.05, 3.63) is 79.8 Å². The fourth-order valence-corrected chi connectivity index (χ4v) is 2.69. The molecular formula is C15H13Cl2NO3. The highest BCUT2D eigenvalue weighted by atomic mass is 35.5. The third-order valence-corrected chi connectivity index (χ3v) is 3.61. The predicted octanol–water partition coefficient (Wildman–Crippen LogP) is 3.76. The van der Waals surface area contributed by atoms with Crippen LogP contribution in [0.1, 0.15) is 17.0 Å². The van der Waals surface area contributed by atoms with Crippen molar-refractivity contribution in [2.45, 2.75) is 12.0 Å². The van der Waals surface area contributed by atoms with Crippen LogP contribution in [0.25, 0.3) is 0 Å². The fraction of sp³-hybridized carbons (Fsp3) is 0.200. The van der Waals surface area contributed by atoms with E-state index in [1.54, 1.807) is 48.5 Å². The lowest BCUT2D eigenvalue weighted by Gasteiger charge is -2.22. The van der Waals surface area contributed by atoms with Gasteiger partial charge < -0.3 is 5.11 Å². The van der Waals surface area contributed by atoms with Gasteiger partial charge in [0.2, 0.25) is 6.54 Å². The second-order valence-electron chi connectivity index (χ2n) is 4.67. The van der Waals surface area contributed by atoms with Gasteiger partial charge in [0.15, 0.2) is 0 Å². The molecule has 0 amide bonds. The first-order valence-corrected chi connectivity index (χ1v) is 7.04. The third kappa shape index (κ3) is 4.17. The first-order chi connectivity index (χ1) is 9.97. The van der Waals surface area contributed by atoms with Crippen LogP contribution in [0.3, 0.4) is 0 Å². The average Bonchev–Trinajstić information content (AvgIpc) is 2.38. The molecule has 0 heterocycles. The molecule has 0 aliphatic carbocycles. The molecule has 0 aromatic heterocycles. The van der Waals surface area contributed by atoms with Gasteiger partial charge in [-0.1, -0.05) is 47.5 Å². The van der Waals surface area contributed by atoms with E-state index >= 15 is 0 Å². The van der Waals surface area contributed by atoms with Gasteiger partial charge in [-0.2, -0.15) is 0 Å². The van der Waals surface area contributed by atoms with Crippen LogP contribution in [0.2, 0.25) is 10.0 Å². The lowest BCUT2D eigenvalue weighted by Crippen LogP contribution is -2.27. The maximum Gasteiger partial charge on any atom is 0.230 e. The molecule has 110 valence electrons. The summed E-state index contributed by atoms with van der Waals surface area (Å²) >= 11 is 12.0. The lowest BCUT2D eigenvalue weighted by atomic mass is 9.86. The Morgan fingerprint density at radius 3 is 1.90 bits per heavy atom. The van der Waals surface area contributed by atoms with Crippen LogP contribution in [0.15, 0.2) is 48.5 Å². The number of hydrogen-bond donors (Lipinski definition) is 1. The van der Waals surface area contributed by atoms with Gasteiger partial charge in [-0.3, -0.25) is 10.1 Å². The Morgan fingerprint density at radius 2 is 1.52 bits per heavy atom. The summed E-state index contributed by atoms with van der Waals surface area (Å²) in [6, 6.07) is 13.8. The Hall–Kier alpha value is -1.62. The van der Waals surface area contributed by atoms with E-state index in [-0.39, 0.29) is 0 Å². The smallest absolute Gasteiger partial charge is 0.230 e. The molecule has 1 unspecified atom stereocenters. The minimum Gasteiger partial charge on any atom is -0.385 e. The Labute approximate surface area is 132 Å². The summed E-state index contributed by atoms with van der Waals surface area (Å²) in [7, 11) is 0. The van der Waals surface area contributed by atoms with Crippen molar-refractivity contribution >= 4 is 23.2 Å². The van der Waals surface area contributed by atoms with Crippen molar-refractivity contribution in [1.29, 1.82) is 0 Å². The number of aliphatic hydroxyl groups excluding tert-OH is 1. The van der Waals surface area contributed by atoms with Gasteiger partial charge in [0.25, 0.3) is 0 Å². The monoisotopic (exact) mass is 325 g/mol. The van der Waals surface area contributed by atoms with Crippen LogP contribution in [-0.2, 0) is 0 Å². The first kappa shape index (κ1) is 15.8. The van der Waals surface area contributed by atoms with E-state index < -0.39 is 23.5 Å². The lowest BCUT2D eigenvalue weighted by molar-refractivity contribution is -0.490. The Bertz CT molecular complexity index is 603. The second-order valence-corrected chi connectivity index (χ2v) is 5.54. The molecule has 0 bridgehead atoms. The van der Waals surface area contributed by atoms with Crippen LogP contribution in [-0.4, -0.2) is 22.7 Å². The van der Waals surface area contributed by atoms with Crippen molar-refractivity contribution in [1.82, 2.24) is 0 Å². The summed E-state index contributed by atoms with van der Waals surface area (Å²) in [5, 5.41) is 22.0. The minimum absolute atomic E-state index is 0.507. The topological polar surface area (TPSA) is 63.4 Å². The molecule has 2 aromatic carbocycles. The quantitative estimate of drug-likeness (QED) is 0.672. The zero-order valence-electron chi connectivity index (χ0n) is 10.9. The number of rotatable bonds is 5. The number of hydrogen-bond acceptors (Lipinski definition) is 3. The van der Waals surface area contributed by atoms with Crippen molar-refractivity contribution in [3.63, 3.8) is 0 Å². The molecule has 6 heteroatoms. The second kappa shape index (κ2) is 6.89. The van der Waals surface area contributed by atoms with Crippen LogP contribution in [0.4, 0.5) is 0 Å². The average molecular weight is 326 g/mol. The van der Waals surface area contributed by atoms with Gasteiger partial charge in [-0.25, -0.2) is 0 Å². The van der Waals surface area contributed by atoms with E-state index in [1.165, 1.54) is 0 Å². The van der Waals surface area contributed by atoms with Gasteiger partial charge >= 0.3 is 0 Å². The Kier molecular flexibility index (Phi) is 5.17.